The van der Waals surface area contributed by atoms with Crippen molar-refractivity contribution in [2.45, 2.75) is 0 Å². The van der Waals surface area contributed by atoms with Gasteiger partial charge in [-0.2, -0.15) is 0 Å². The van der Waals surface area contributed by atoms with Crippen LogP contribution in [-0.4, -0.2) is 4.57 Å². The van der Waals surface area contributed by atoms with Gasteiger partial charge in [0.25, 0.3) is 0 Å². The molecule has 0 saturated carbocycles. The lowest BCUT2D eigenvalue weighted by Crippen LogP contribution is -2.10. The number of fused-ring (bicyclic) bond motifs is 9. The molecular weight excluding hydrogens is 717 g/mol. The van der Waals surface area contributed by atoms with Crippen LogP contribution in [-0.2, 0) is 0 Å². The fourth-order valence-corrected chi connectivity index (χ4v) is 8.49. The Labute approximate surface area is 356 Å². The predicted octanol–water partition coefficient (Wildman–Crippen LogP) is 15.8. The third kappa shape index (κ3) is 5.36. The van der Waals surface area contributed by atoms with E-state index in [0.29, 0.717) is 27.9 Å². The van der Waals surface area contributed by atoms with E-state index in [1.165, 1.54) is 0 Å². The van der Waals surface area contributed by atoms with Crippen LogP contribution in [0, 0.1) is 0 Å². The van der Waals surface area contributed by atoms with Gasteiger partial charge in [0.15, 0.2) is 0 Å². The summed E-state index contributed by atoms with van der Waals surface area (Å²) in [6.07, 6.45) is 0. The van der Waals surface area contributed by atoms with Gasteiger partial charge < -0.3 is 13.9 Å². The van der Waals surface area contributed by atoms with Gasteiger partial charge in [-0.05, 0) is 111 Å². The average molecular weight is 764 g/mol. The van der Waals surface area contributed by atoms with Gasteiger partial charge in [-0.25, -0.2) is 0 Å². The van der Waals surface area contributed by atoms with Crippen LogP contribution >= 0.6 is 0 Å². The first-order chi connectivity index (χ1) is 33.8. The van der Waals surface area contributed by atoms with Crippen molar-refractivity contribution in [3.05, 3.63) is 218 Å². The van der Waals surface area contributed by atoms with Crippen LogP contribution in [0.2, 0.25) is 0 Å². The number of para-hydroxylation sites is 2. The highest BCUT2D eigenvalue weighted by molar-refractivity contribution is 6.19. The summed E-state index contributed by atoms with van der Waals surface area (Å²) in [6.45, 7) is 0. The second-order valence-corrected chi connectivity index (χ2v) is 14.4. The minimum atomic E-state index is -0.680. The second-order valence-electron chi connectivity index (χ2n) is 14.4. The van der Waals surface area contributed by atoms with Gasteiger partial charge >= 0.3 is 0 Å². The Kier molecular flexibility index (Phi) is 5.44. The van der Waals surface area contributed by atoms with Crippen LogP contribution in [0.4, 0.5) is 17.1 Å². The molecule has 2 heterocycles. The van der Waals surface area contributed by atoms with Crippen LogP contribution in [0.25, 0.3) is 93.2 Å². The van der Waals surface area contributed by atoms with Gasteiger partial charge in [0.05, 0.1) is 37.2 Å². The molecule has 0 N–H and O–H groups in total. The molecule has 0 saturated heterocycles. The van der Waals surface area contributed by atoms with Crippen LogP contribution in [0.1, 0.15) is 15.1 Å². The van der Waals surface area contributed by atoms with Gasteiger partial charge in [0, 0.05) is 38.6 Å². The molecule has 2 aromatic heterocycles. The van der Waals surface area contributed by atoms with Crippen molar-refractivity contribution >= 4 is 82.4 Å². The van der Waals surface area contributed by atoms with Gasteiger partial charge in [0.2, 0.25) is 0 Å². The molecule has 276 valence electrons. The smallest absolute Gasteiger partial charge is 0.143 e. The molecule has 0 radical (unpaired) electrons. The molecule has 0 amide bonds. The Balaban J connectivity index is 1.13. The van der Waals surface area contributed by atoms with E-state index in [9.17, 15) is 5.48 Å². The maximum atomic E-state index is 9.84. The molecule has 3 nitrogen and oxygen atoms in total. The molecule has 0 bridgehead atoms. The molecule has 12 rings (SSSR count). The zero-order chi connectivity index (χ0) is 48.4. The molecule has 3 heteroatoms. The maximum absolute atomic E-state index is 9.84. The summed E-state index contributed by atoms with van der Waals surface area (Å²) < 4.78 is 109. The zero-order valence-corrected chi connectivity index (χ0v) is 31.2. The van der Waals surface area contributed by atoms with E-state index in [2.05, 4.69) is 47.0 Å². The van der Waals surface area contributed by atoms with Crippen LogP contribution in [0.15, 0.2) is 223 Å². The summed E-state index contributed by atoms with van der Waals surface area (Å²) in [7, 11) is 0. The number of furan rings is 1. The Morgan fingerprint density at radius 2 is 1.20 bits per heavy atom. The molecule has 0 atom stereocenters. The predicted molar refractivity (Wildman–Crippen MR) is 249 cm³/mol. The van der Waals surface area contributed by atoms with Gasteiger partial charge in [-0.3, -0.25) is 0 Å². The molecule has 59 heavy (non-hydrogen) atoms. The summed E-state index contributed by atoms with van der Waals surface area (Å²) in [5.41, 5.74) is 6.00. The van der Waals surface area contributed by atoms with Gasteiger partial charge in [0.1, 0.15) is 11.2 Å². The summed E-state index contributed by atoms with van der Waals surface area (Å²) in [5.74, 6) is 0. The maximum Gasteiger partial charge on any atom is 0.143 e. The van der Waals surface area contributed by atoms with Crippen molar-refractivity contribution in [2.24, 2.45) is 0 Å². The van der Waals surface area contributed by atoms with E-state index in [0.717, 1.165) is 54.8 Å². The van der Waals surface area contributed by atoms with E-state index >= 15 is 0 Å². The summed E-state index contributed by atoms with van der Waals surface area (Å²) in [4.78, 5) is 1.69. The van der Waals surface area contributed by atoms with Gasteiger partial charge in [-0.15, -0.1) is 0 Å². The molecule has 12 aromatic rings. The minimum absolute atomic E-state index is 0.138. The average Bonchev–Trinajstić information content (AvgIpc) is 3.94. The van der Waals surface area contributed by atoms with Crippen molar-refractivity contribution in [1.29, 1.82) is 0 Å². The third-order valence-electron chi connectivity index (χ3n) is 11.1. The van der Waals surface area contributed by atoms with E-state index in [1.54, 1.807) is 4.90 Å². The summed E-state index contributed by atoms with van der Waals surface area (Å²) >= 11 is 0. The topological polar surface area (TPSA) is 21.3 Å². The summed E-state index contributed by atoms with van der Waals surface area (Å²) in [6, 6.07) is 43.0. The standard InChI is InChI=1S/C56H36N2O/c1-2-17-42(18-3-1)58-51-24-9-8-22-48(51)50-36-41(30-34-52(50)58)40-16-10-19-44(35-40)57(43-31-27-39(28-32-43)46-23-11-15-37-13-4-6-20-45(37)46)53-25-12-26-54-55(53)49-33-29-38-14-5-7-21-47(38)56(49)59-54/h1-36H/i4D,6D,11D,13D,15D,20D,23D,27D,28D,31D,32D. The molecular formula is C56H36N2O. The molecule has 10 aromatic carbocycles. The lowest BCUT2D eigenvalue weighted by atomic mass is 9.97. The normalized spacial score (nSPS) is 14.3. The molecule has 0 fully saturated rings. The quantitative estimate of drug-likeness (QED) is 0.168. The Hall–Kier alpha value is -7.88. The zero-order valence-electron chi connectivity index (χ0n) is 42.2. The van der Waals surface area contributed by atoms with E-state index in [-0.39, 0.29) is 22.0 Å². The van der Waals surface area contributed by atoms with Crippen LogP contribution in [0.3, 0.4) is 0 Å². The highest BCUT2D eigenvalue weighted by atomic mass is 16.3. The first kappa shape index (κ1) is 24.0. The monoisotopic (exact) mass is 763 g/mol. The van der Waals surface area contributed by atoms with Crippen LogP contribution < -0.4 is 4.90 Å². The molecule has 0 aliphatic rings. The molecule has 0 unspecified atom stereocenters. The molecule has 0 spiro atoms. The van der Waals surface area contributed by atoms with Crippen molar-refractivity contribution < 1.29 is 19.5 Å². The van der Waals surface area contributed by atoms with Crippen molar-refractivity contribution in [3.63, 3.8) is 0 Å². The van der Waals surface area contributed by atoms with E-state index in [1.807, 2.05) is 109 Å². The Bertz CT molecular complexity index is 4190. The highest BCUT2D eigenvalue weighted by Gasteiger charge is 2.21. The fourth-order valence-electron chi connectivity index (χ4n) is 8.49. The first-order valence-corrected chi connectivity index (χ1v) is 19.3. The van der Waals surface area contributed by atoms with E-state index in [4.69, 9.17) is 14.0 Å². The lowest BCUT2D eigenvalue weighted by molar-refractivity contribution is 0.672. The van der Waals surface area contributed by atoms with Crippen molar-refractivity contribution in [3.8, 4) is 27.9 Å². The highest BCUT2D eigenvalue weighted by Crippen LogP contribution is 2.46. The number of hydrogen-bond donors (Lipinski definition) is 0. The van der Waals surface area contributed by atoms with Gasteiger partial charge in [-0.1, -0.05) is 145 Å². The number of rotatable bonds is 6. The SMILES string of the molecule is [2H]c1c([2H])c(N(c2cccc(-c3ccc4c(c3)c3ccccc3n4-c3ccccc3)c2)c2cccc3oc4c5ccccc5ccc4c23)c([2H])c([2H])c1-c1c([2H])c([2H])c([2H])c2c([2H])c([2H])c([2H])c([2H])c12. The number of aromatic nitrogens is 1. The number of benzene rings is 10. The second kappa shape index (κ2) is 13.4. The number of nitrogens with zero attached hydrogens (tertiary/aromatic N) is 2. The first-order valence-electron chi connectivity index (χ1n) is 24.8. The van der Waals surface area contributed by atoms with Crippen molar-refractivity contribution in [2.75, 3.05) is 4.90 Å². The largest absolute Gasteiger partial charge is 0.455 e. The minimum Gasteiger partial charge on any atom is -0.455 e. The molecule has 0 aliphatic heterocycles. The number of hydrogen-bond acceptors (Lipinski definition) is 2. The summed E-state index contributed by atoms with van der Waals surface area (Å²) in [5, 5.41) is 4.70. The third-order valence-corrected chi connectivity index (χ3v) is 11.1. The molecule has 0 aliphatic carbocycles. The Morgan fingerprint density at radius 1 is 0.441 bits per heavy atom. The van der Waals surface area contributed by atoms with E-state index < -0.39 is 72.0 Å². The fraction of sp³-hybridized carbons (Fsp3) is 0. The Morgan fingerprint density at radius 3 is 2.12 bits per heavy atom. The lowest BCUT2D eigenvalue weighted by Gasteiger charge is -2.27. The van der Waals surface area contributed by atoms with Crippen molar-refractivity contribution in [1.82, 2.24) is 4.57 Å². The van der Waals surface area contributed by atoms with Crippen LogP contribution in [0.5, 0.6) is 0 Å². The number of anilines is 3.